The molecule has 0 bridgehead atoms. The van der Waals surface area contributed by atoms with Gasteiger partial charge in [0.1, 0.15) is 11.5 Å². The lowest BCUT2D eigenvalue weighted by Gasteiger charge is -2.42. The van der Waals surface area contributed by atoms with Crippen molar-refractivity contribution >= 4 is 22.7 Å². The highest BCUT2D eigenvalue weighted by atomic mass is 19.1. The highest BCUT2D eigenvalue weighted by Crippen LogP contribution is 2.26. The predicted octanol–water partition coefficient (Wildman–Crippen LogP) is 3.46. The summed E-state index contributed by atoms with van der Waals surface area (Å²) in [5.74, 6) is -0.239. The summed E-state index contributed by atoms with van der Waals surface area (Å²) >= 11 is 0. The number of nitrogens with one attached hydrogen (secondary N) is 2. The van der Waals surface area contributed by atoms with Gasteiger partial charge in [0.25, 0.3) is 5.91 Å². The Balaban J connectivity index is 1.38. The van der Waals surface area contributed by atoms with Gasteiger partial charge in [-0.1, -0.05) is 19.9 Å². The number of hydrogen-bond acceptors (Lipinski definition) is 3. The summed E-state index contributed by atoms with van der Waals surface area (Å²) in [6.45, 7) is 7.32. The molecule has 0 unspecified atom stereocenters. The van der Waals surface area contributed by atoms with E-state index in [1.54, 1.807) is 12.1 Å². The van der Waals surface area contributed by atoms with Gasteiger partial charge in [-0.05, 0) is 49.8 Å². The van der Waals surface area contributed by atoms with E-state index in [0.29, 0.717) is 29.1 Å². The molecular weight excluding hydrogens is 395 g/mol. The number of piperazine rings is 1. The van der Waals surface area contributed by atoms with Crippen LogP contribution in [0.4, 0.5) is 4.39 Å². The van der Waals surface area contributed by atoms with Crippen LogP contribution in [0, 0.1) is 5.82 Å². The van der Waals surface area contributed by atoms with Crippen molar-refractivity contribution < 1.29 is 14.0 Å². The lowest BCUT2D eigenvalue weighted by molar-refractivity contribution is -0.133. The first-order valence-corrected chi connectivity index (χ1v) is 11.6. The van der Waals surface area contributed by atoms with Crippen LogP contribution in [0.1, 0.15) is 62.0 Å². The number of aromatic nitrogens is 1. The first-order chi connectivity index (χ1) is 15.0. The maximum absolute atomic E-state index is 14.2. The van der Waals surface area contributed by atoms with Crippen molar-refractivity contribution in [3.8, 4) is 0 Å². The number of H-pyrrole nitrogens is 1. The molecule has 168 valence electrons. The Labute approximate surface area is 183 Å². The van der Waals surface area contributed by atoms with Crippen molar-refractivity contribution in [2.75, 3.05) is 26.2 Å². The molecule has 2 aromatic rings. The molecule has 2 amide bonds. The fraction of sp³-hybridized carbons (Fsp3) is 0.583. The molecule has 0 radical (unpaired) electrons. The predicted molar refractivity (Wildman–Crippen MR) is 120 cm³/mol. The second-order valence-electron chi connectivity index (χ2n) is 8.79. The molecule has 1 aliphatic carbocycles. The summed E-state index contributed by atoms with van der Waals surface area (Å²) in [5, 5.41) is 3.65. The Morgan fingerprint density at radius 3 is 2.65 bits per heavy atom. The van der Waals surface area contributed by atoms with E-state index in [1.807, 2.05) is 18.7 Å². The number of carbonyl (C=O) groups is 2. The normalized spacial score (nSPS) is 22.6. The van der Waals surface area contributed by atoms with Crippen molar-refractivity contribution in [2.24, 2.45) is 0 Å². The van der Waals surface area contributed by atoms with Crippen LogP contribution in [0.25, 0.3) is 10.9 Å². The number of carbonyl (C=O) groups excluding carboxylic acids is 2. The average molecular weight is 429 g/mol. The maximum atomic E-state index is 14.2. The fourth-order valence-electron chi connectivity index (χ4n) is 5.11. The van der Waals surface area contributed by atoms with Gasteiger partial charge in [0, 0.05) is 50.1 Å². The molecule has 7 heteroatoms. The monoisotopic (exact) mass is 428 g/mol. The minimum absolute atomic E-state index is 0.114. The van der Waals surface area contributed by atoms with Gasteiger partial charge in [0.2, 0.25) is 5.91 Å². The molecule has 31 heavy (non-hydrogen) atoms. The van der Waals surface area contributed by atoms with E-state index in [0.717, 1.165) is 63.8 Å². The van der Waals surface area contributed by atoms with E-state index in [1.165, 1.54) is 6.07 Å². The van der Waals surface area contributed by atoms with E-state index in [2.05, 4.69) is 15.2 Å². The van der Waals surface area contributed by atoms with Crippen LogP contribution < -0.4 is 5.32 Å². The van der Waals surface area contributed by atoms with Crippen LogP contribution in [-0.2, 0) is 11.2 Å². The Hall–Kier alpha value is -2.41. The van der Waals surface area contributed by atoms with E-state index in [9.17, 15) is 14.0 Å². The molecule has 1 aromatic carbocycles. The highest BCUT2D eigenvalue weighted by molar-refractivity contribution is 5.99. The number of benzene rings is 1. The third kappa shape index (κ3) is 4.61. The molecule has 2 N–H and O–H groups in total. The molecule has 2 heterocycles. The smallest absolute Gasteiger partial charge is 0.267 e. The van der Waals surface area contributed by atoms with Gasteiger partial charge < -0.3 is 15.2 Å². The molecule has 1 saturated carbocycles. The van der Waals surface area contributed by atoms with Crippen LogP contribution in [-0.4, -0.2) is 64.9 Å². The molecule has 2 fully saturated rings. The number of rotatable bonds is 5. The van der Waals surface area contributed by atoms with E-state index < -0.39 is 0 Å². The SMILES string of the molecule is CCC(=O)N1CCN([C@H]2CCC[C@@H](NC(=O)c3cc4c(F)ccc(CC)c4[nH]3)C2)CC1. The summed E-state index contributed by atoms with van der Waals surface area (Å²) in [7, 11) is 0. The molecule has 1 aromatic heterocycles. The minimum atomic E-state index is -0.305. The minimum Gasteiger partial charge on any atom is -0.350 e. The molecule has 0 spiro atoms. The Kier molecular flexibility index (Phi) is 6.60. The molecule has 1 saturated heterocycles. The number of fused-ring (bicyclic) bond motifs is 1. The van der Waals surface area contributed by atoms with Crippen molar-refractivity contribution in [3.63, 3.8) is 0 Å². The molecule has 2 atom stereocenters. The van der Waals surface area contributed by atoms with Crippen LogP contribution in [0.5, 0.6) is 0 Å². The Morgan fingerprint density at radius 2 is 1.94 bits per heavy atom. The topological polar surface area (TPSA) is 68.4 Å². The quantitative estimate of drug-likeness (QED) is 0.766. The van der Waals surface area contributed by atoms with Crippen LogP contribution >= 0.6 is 0 Å². The first kappa shape index (κ1) is 21.8. The third-order valence-corrected chi connectivity index (χ3v) is 6.92. The molecule has 4 rings (SSSR count). The highest BCUT2D eigenvalue weighted by Gasteiger charge is 2.31. The number of aromatic amines is 1. The van der Waals surface area contributed by atoms with Gasteiger partial charge >= 0.3 is 0 Å². The lowest BCUT2D eigenvalue weighted by atomic mass is 9.89. The van der Waals surface area contributed by atoms with Gasteiger partial charge in [-0.3, -0.25) is 14.5 Å². The number of hydrogen-bond donors (Lipinski definition) is 2. The first-order valence-electron chi connectivity index (χ1n) is 11.6. The van der Waals surface area contributed by atoms with Crippen LogP contribution in [0.3, 0.4) is 0 Å². The number of amides is 2. The largest absolute Gasteiger partial charge is 0.350 e. The second kappa shape index (κ2) is 9.39. The number of nitrogens with zero attached hydrogens (tertiary/aromatic N) is 2. The zero-order valence-electron chi connectivity index (χ0n) is 18.5. The third-order valence-electron chi connectivity index (χ3n) is 6.92. The van der Waals surface area contributed by atoms with Crippen molar-refractivity contribution in [3.05, 3.63) is 35.3 Å². The fourth-order valence-corrected chi connectivity index (χ4v) is 5.11. The van der Waals surface area contributed by atoms with Gasteiger partial charge in [0.05, 0.1) is 5.52 Å². The molecule has 2 aliphatic rings. The van der Waals surface area contributed by atoms with Gasteiger partial charge in [-0.2, -0.15) is 0 Å². The maximum Gasteiger partial charge on any atom is 0.267 e. The Morgan fingerprint density at radius 1 is 1.16 bits per heavy atom. The van der Waals surface area contributed by atoms with Crippen molar-refractivity contribution in [1.82, 2.24) is 20.1 Å². The standard InChI is InChI=1S/C24H33FN4O2/c1-3-16-8-9-20(25)19-15-21(27-23(16)19)24(31)26-17-6-5-7-18(14-17)28-10-12-29(13-11-28)22(30)4-2/h8-9,15,17-18,27H,3-7,10-14H2,1-2H3,(H,26,31)/t17-,18+/m1/s1. The van der Waals surface area contributed by atoms with E-state index in [4.69, 9.17) is 0 Å². The van der Waals surface area contributed by atoms with Gasteiger partial charge in [-0.15, -0.1) is 0 Å². The second-order valence-corrected chi connectivity index (χ2v) is 8.79. The molecule has 1 aliphatic heterocycles. The summed E-state index contributed by atoms with van der Waals surface area (Å²) < 4.78 is 14.2. The average Bonchev–Trinajstić information content (AvgIpc) is 3.26. The Bertz CT molecular complexity index is 948. The van der Waals surface area contributed by atoms with Gasteiger partial charge in [0.15, 0.2) is 0 Å². The lowest BCUT2D eigenvalue weighted by Crippen LogP contribution is -2.54. The van der Waals surface area contributed by atoms with Crippen LogP contribution in [0.2, 0.25) is 0 Å². The van der Waals surface area contributed by atoms with E-state index >= 15 is 0 Å². The zero-order chi connectivity index (χ0) is 22.0. The zero-order valence-corrected chi connectivity index (χ0v) is 18.5. The van der Waals surface area contributed by atoms with Crippen LogP contribution in [0.15, 0.2) is 18.2 Å². The summed E-state index contributed by atoms with van der Waals surface area (Å²) in [4.78, 5) is 32.4. The number of aryl methyl sites for hydroxylation is 1. The van der Waals surface area contributed by atoms with E-state index in [-0.39, 0.29) is 23.7 Å². The molecule has 6 nitrogen and oxygen atoms in total. The molecular formula is C24H33FN4O2. The number of halogens is 1. The van der Waals surface area contributed by atoms with Crippen molar-refractivity contribution in [1.29, 1.82) is 0 Å². The summed E-state index contributed by atoms with van der Waals surface area (Å²) in [6, 6.07) is 5.42. The summed E-state index contributed by atoms with van der Waals surface area (Å²) in [6.07, 6.45) is 5.43. The van der Waals surface area contributed by atoms with Crippen molar-refractivity contribution in [2.45, 2.75) is 64.5 Å². The summed E-state index contributed by atoms with van der Waals surface area (Å²) in [5.41, 5.74) is 2.14. The van der Waals surface area contributed by atoms with Gasteiger partial charge in [-0.25, -0.2) is 4.39 Å².